The van der Waals surface area contributed by atoms with Crippen LogP contribution in [0.5, 0.6) is 0 Å². The molecular weight excluding hydrogens is 184 g/mol. The minimum atomic E-state index is -0.646. The first-order chi connectivity index (χ1) is 6.08. The molecular formula is C9H16N2OS. The highest BCUT2D eigenvalue weighted by atomic mass is 32.1. The largest absolute Gasteiger partial charge is 0.384 e. The van der Waals surface area contributed by atoms with E-state index in [-0.39, 0.29) is 0 Å². The third kappa shape index (κ3) is 2.49. The number of hydrogen-bond acceptors (Lipinski definition) is 4. The fraction of sp³-hybridized carbons (Fsp3) is 0.667. The smallest absolute Gasteiger partial charge is 0.123 e. The number of thiazole rings is 1. The van der Waals surface area contributed by atoms with Gasteiger partial charge in [-0.1, -0.05) is 13.3 Å². The third-order valence-electron chi connectivity index (χ3n) is 2.10. The normalized spacial score (nSPS) is 18.2. The Balaban J connectivity index is 2.71. The summed E-state index contributed by atoms with van der Waals surface area (Å²) in [6, 6.07) is 0. The first-order valence-corrected chi connectivity index (χ1v) is 5.32. The lowest BCUT2D eigenvalue weighted by Gasteiger charge is -2.28. The monoisotopic (exact) mass is 200 g/mol. The summed E-state index contributed by atoms with van der Waals surface area (Å²) >= 11 is 1.44. The molecule has 1 rings (SSSR count). The Labute approximate surface area is 82.6 Å². The lowest BCUT2D eigenvalue weighted by molar-refractivity contribution is 0.0879. The number of nitrogens with two attached hydrogens (primary N) is 1. The Kier molecular flexibility index (Phi) is 3.41. The van der Waals surface area contributed by atoms with Gasteiger partial charge in [0.25, 0.3) is 0 Å². The Morgan fingerprint density at radius 2 is 2.46 bits per heavy atom. The van der Waals surface area contributed by atoms with Crippen molar-refractivity contribution in [3.05, 3.63) is 16.6 Å². The van der Waals surface area contributed by atoms with Gasteiger partial charge in [0.05, 0.1) is 0 Å². The average Bonchev–Trinajstić information content (AvgIpc) is 2.54. The van der Waals surface area contributed by atoms with Crippen LogP contribution < -0.4 is 5.73 Å². The van der Waals surface area contributed by atoms with Crippen LogP contribution in [-0.2, 0) is 0 Å². The number of aromatic nitrogens is 1. The predicted octanol–water partition coefficient (Wildman–Crippen LogP) is 1.69. The number of hydrogen-bond donors (Lipinski definition) is 2. The molecule has 4 heteroatoms. The van der Waals surface area contributed by atoms with Gasteiger partial charge in [0.1, 0.15) is 11.1 Å². The van der Waals surface area contributed by atoms with Crippen LogP contribution in [0.25, 0.3) is 0 Å². The van der Waals surface area contributed by atoms with E-state index in [2.05, 4.69) is 11.9 Å². The van der Waals surface area contributed by atoms with Crippen LogP contribution in [0, 0.1) is 0 Å². The molecule has 0 fully saturated rings. The SMILES string of the molecule is CCCC(C)(N)C(O)c1nccs1. The quantitative estimate of drug-likeness (QED) is 0.777. The molecule has 3 N–H and O–H groups in total. The molecule has 74 valence electrons. The molecule has 0 spiro atoms. The van der Waals surface area contributed by atoms with Crippen LogP contribution in [0.4, 0.5) is 0 Å². The molecule has 0 aromatic carbocycles. The molecule has 1 aromatic rings. The maximum atomic E-state index is 9.89. The van der Waals surface area contributed by atoms with Crippen LogP contribution in [0.2, 0.25) is 0 Å². The van der Waals surface area contributed by atoms with E-state index in [9.17, 15) is 5.11 Å². The first kappa shape index (κ1) is 10.6. The van der Waals surface area contributed by atoms with E-state index in [0.29, 0.717) is 5.01 Å². The van der Waals surface area contributed by atoms with Crippen molar-refractivity contribution in [1.82, 2.24) is 4.98 Å². The van der Waals surface area contributed by atoms with Crippen LogP contribution in [0.1, 0.15) is 37.8 Å². The average molecular weight is 200 g/mol. The van der Waals surface area contributed by atoms with Crippen molar-refractivity contribution in [2.45, 2.75) is 38.3 Å². The van der Waals surface area contributed by atoms with Gasteiger partial charge in [0, 0.05) is 17.1 Å². The van der Waals surface area contributed by atoms with E-state index in [1.54, 1.807) is 6.20 Å². The van der Waals surface area contributed by atoms with Crippen molar-refractivity contribution in [1.29, 1.82) is 0 Å². The number of aliphatic hydroxyl groups excluding tert-OH is 1. The summed E-state index contributed by atoms with van der Waals surface area (Å²) in [5, 5.41) is 12.4. The van der Waals surface area contributed by atoms with E-state index < -0.39 is 11.6 Å². The maximum Gasteiger partial charge on any atom is 0.123 e. The minimum Gasteiger partial charge on any atom is -0.384 e. The second-order valence-electron chi connectivity index (χ2n) is 3.53. The Hall–Kier alpha value is -0.450. The minimum absolute atomic E-state index is 0.563. The van der Waals surface area contributed by atoms with Gasteiger partial charge in [-0.05, 0) is 13.3 Å². The molecule has 0 saturated carbocycles. The van der Waals surface area contributed by atoms with Gasteiger partial charge in [-0.15, -0.1) is 11.3 Å². The molecule has 1 aromatic heterocycles. The van der Waals surface area contributed by atoms with Crippen LogP contribution in [0.15, 0.2) is 11.6 Å². The molecule has 0 aliphatic carbocycles. The molecule has 0 aliphatic rings. The van der Waals surface area contributed by atoms with Gasteiger partial charge < -0.3 is 10.8 Å². The third-order valence-corrected chi connectivity index (χ3v) is 2.93. The van der Waals surface area contributed by atoms with E-state index >= 15 is 0 Å². The molecule has 1 heterocycles. The number of aliphatic hydroxyl groups is 1. The number of rotatable bonds is 4. The van der Waals surface area contributed by atoms with Gasteiger partial charge in [0.15, 0.2) is 0 Å². The molecule has 0 saturated heterocycles. The van der Waals surface area contributed by atoms with Crippen molar-refractivity contribution >= 4 is 11.3 Å². The molecule has 0 bridgehead atoms. The summed E-state index contributed by atoms with van der Waals surface area (Å²) in [6.45, 7) is 3.92. The maximum absolute atomic E-state index is 9.89. The zero-order valence-electron chi connectivity index (χ0n) is 8.03. The van der Waals surface area contributed by atoms with Crippen molar-refractivity contribution < 1.29 is 5.11 Å². The second kappa shape index (κ2) is 4.17. The summed E-state index contributed by atoms with van der Waals surface area (Å²) in [5.74, 6) is 0. The highest BCUT2D eigenvalue weighted by molar-refractivity contribution is 7.09. The van der Waals surface area contributed by atoms with E-state index in [4.69, 9.17) is 5.73 Å². The summed E-state index contributed by atoms with van der Waals surface area (Å²) in [6.07, 6.45) is 2.81. The zero-order valence-corrected chi connectivity index (χ0v) is 8.84. The fourth-order valence-corrected chi connectivity index (χ4v) is 2.11. The molecule has 13 heavy (non-hydrogen) atoms. The van der Waals surface area contributed by atoms with E-state index in [1.807, 2.05) is 12.3 Å². The summed E-state index contributed by atoms with van der Waals surface area (Å²) < 4.78 is 0. The predicted molar refractivity (Wildman–Crippen MR) is 54.6 cm³/mol. The van der Waals surface area contributed by atoms with Gasteiger partial charge in [-0.3, -0.25) is 0 Å². The van der Waals surface area contributed by atoms with Gasteiger partial charge >= 0.3 is 0 Å². The molecule has 0 radical (unpaired) electrons. The standard InChI is InChI=1S/C9H16N2OS/c1-3-4-9(2,10)7(12)8-11-5-6-13-8/h5-7,12H,3-4,10H2,1-2H3. The van der Waals surface area contributed by atoms with Gasteiger partial charge in [0.2, 0.25) is 0 Å². The first-order valence-electron chi connectivity index (χ1n) is 4.44. The zero-order chi connectivity index (χ0) is 9.90. The van der Waals surface area contributed by atoms with Crippen LogP contribution >= 0.6 is 11.3 Å². The Morgan fingerprint density at radius 3 is 2.92 bits per heavy atom. The summed E-state index contributed by atoms with van der Waals surface area (Å²) in [4.78, 5) is 4.05. The lowest BCUT2D eigenvalue weighted by atomic mass is 9.91. The van der Waals surface area contributed by atoms with Crippen molar-refractivity contribution in [2.75, 3.05) is 0 Å². The summed E-state index contributed by atoms with van der Waals surface area (Å²) in [5.41, 5.74) is 5.42. The Bertz CT molecular complexity index is 246. The highest BCUT2D eigenvalue weighted by Crippen LogP contribution is 2.28. The molecule has 2 atom stereocenters. The van der Waals surface area contributed by atoms with Crippen molar-refractivity contribution in [3.63, 3.8) is 0 Å². The van der Waals surface area contributed by atoms with Crippen molar-refractivity contribution in [2.24, 2.45) is 5.73 Å². The highest BCUT2D eigenvalue weighted by Gasteiger charge is 2.30. The van der Waals surface area contributed by atoms with Crippen LogP contribution in [-0.4, -0.2) is 15.6 Å². The summed E-state index contributed by atoms with van der Waals surface area (Å²) in [7, 11) is 0. The van der Waals surface area contributed by atoms with Gasteiger partial charge in [-0.2, -0.15) is 0 Å². The van der Waals surface area contributed by atoms with Crippen molar-refractivity contribution in [3.8, 4) is 0 Å². The lowest BCUT2D eigenvalue weighted by Crippen LogP contribution is -2.42. The van der Waals surface area contributed by atoms with E-state index in [0.717, 1.165) is 12.8 Å². The van der Waals surface area contributed by atoms with Crippen LogP contribution in [0.3, 0.4) is 0 Å². The molecule has 0 aliphatic heterocycles. The topological polar surface area (TPSA) is 59.1 Å². The fourth-order valence-electron chi connectivity index (χ4n) is 1.33. The molecule has 3 nitrogen and oxygen atoms in total. The Morgan fingerprint density at radius 1 is 1.77 bits per heavy atom. The molecule has 0 amide bonds. The van der Waals surface area contributed by atoms with Gasteiger partial charge in [-0.25, -0.2) is 4.98 Å². The second-order valence-corrected chi connectivity index (χ2v) is 4.45. The number of nitrogens with zero attached hydrogens (tertiary/aromatic N) is 1. The molecule has 2 unspecified atom stereocenters. The van der Waals surface area contributed by atoms with E-state index in [1.165, 1.54) is 11.3 Å².